The summed E-state index contributed by atoms with van der Waals surface area (Å²) in [6, 6.07) is 13.7. The molecule has 2 aliphatic rings. The Hall–Kier alpha value is -1.71. The van der Waals surface area contributed by atoms with Gasteiger partial charge in [0, 0.05) is 23.8 Å². The minimum absolute atomic E-state index is 0.00393. The highest BCUT2D eigenvalue weighted by Gasteiger charge is 2.70. The molecule has 6 atom stereocenters. The lowest BCUT2D eigenvalue weighted by molar-refractivity contribution is -0.350. The van der Waals surface area contributed by atoms with Crippen molar-refractivity contribution in [2.75, 3.05) is 26.4 Å². The molecule has 4 rings (SSSR count). The van der Waals surface area contributed by atoms with Gasteiger partial charge in [0.15, 0.2) is 0 Å². The van der Waals surface area contributed by atoms with E-state index < -0.39 is 35.8 Å². The number of benzene rings is 2. The first-order valence-corrected chi connectivity index (χ1v) is 14.6. The van der Waals surface area contributed by atoms with Crippen LogP contribution in [0.5, 0.6) is 5.75 Å². The fourth-order valence-electron chi connectivity index (χ4n) is 5.39. The molecule has 2 fully saturated rings. The maximum atomic E-state index is 11.5. The second-order valence-electron chi connectivity index (χ2n) is 10.5. The molecule has 2 N–H and O–H groups in total. The standard InChI is InChI=1S/C31H43ClO7/c1-5-8-16-36-27-28(34)30(21(4)33)20-38-31(39-30,29(27)37-17-9-6-2)24-12-15-26(32)23(19-24)18-22-10-13-25(14-11-22)35-7-3/h10-15,19,21,27-29,33-34H,5-9,16-18,20H2,1-4H3/t21?,27-,28+,29+,30+,31-/m0/s1. The van der Waals surface area contributed by atoms with Crippen molar-refractivity contribution >= 4 is 11.6 Å². The van der Waals surface area contributed by atoms with Crippen LogP contribution in [0.1, 0.15) is 70.1 Å². The molecule has 0 spiro atoms. The van der Waals surface area contributed by atoms with Gasteiger partial charge in [-0.1, -0.05) is 56.5 Å². The molecule has 2 aromatic rings. The summed E-state index contributed by atoms with van der Waals surface area (Å²) in [6.45, 7) is 9.30. The summed E-state index contributed by atoms with van der Waals surface area (Å²) in [5.74, 6) is -0.553. The Morgan fingerprint density at radius 3 is 2.36 bits per heavy atom. The van der Waals surface area contributed by atoms with Crippen LogP contribution in [0.15, 0.2) is 42.5 Å². The molecule has 2 aliphatic heterocycles. The predicted molar refractivity (Wildman–Crippen MR) is 150 cm³/mol. The van der Waals surface area contributed by atoms with Crippen LogP contribution in [0, 0.1) is 0 Å². The van der Waals surface area contributed by atoms with Gasteiger partial charge >= 0.3 is 0 Å². The summed E-state index contributed by atoms with van der Waals surface area (Å²) in [5.41, 5.74) is 1.34. The summed E-state index contributed by atoms with van der Waals surface area (Å²) < 4.78 is 31.3. The molecular formula is C31H43ClO7. The van der Waals surface area contributed by atoms with Gasteiger partial charge < -0.3 is 33.9 Å². The molecule has 7 nitrogen and oxygen atoms in total. The normalized spacial score (nSPS) is 28.9. The quantitative estimate of drug-likeness (QED) is 0.298. The average molecular weight is 563 g/mol. The molecule has 0 aromatic heterocycles. The van der Waals surface area contributed by atoms with E-state index in [0.29, 0.717) is 36.8 Å². The van der Waals surface area contributed by atoms with Crippen molar-refractivity contribution in [3.63, 3.8) is 0 Å². The minimum atomic E-state index is -1.38. The minimum Gasteiger partial charge on any atom is -0.494 e. The van der Waals surface area contributed by atoms with Gasteiger partial charge in [0.1, 0.15) is 29.7 Å². The number of hydrogen-bond acceptors (Lipinski definition) is 7. The second kappa shape index (κ2) is 13.3. The molecule has 216 valence electrons. The lowest BCUT2D eigenvalue weighted by atomic mass is 9.80. The first kappa shape index (κ1) is 30.3. The summed E-state index contributed by atoms with van der Waals surface area (Å²) in [5, 5.41) is 23.0. The first-order chi connectivity index (χ1) is 18.8. The summed E-state index contributed by atoms with van der Waals surface area (Å²) >= 11 is 6.68. The molecule has 39 heavy (non-hydrogen) atoms. The van der Waals surface area contributed by atoms with Crippen molar-refractivity contribution in [2.24, 2.45) is 0 Å². The van der Waals surface area contributed by atoms with Gasteiger partial charge in [-0.15, -0.1) is 0 Å². The van der Waals surface area contributed by atoms with Crippen LogP contribution in [-0.2, 0) is 31.2 Å². The number of halogens is 1. The number of ether oxygens (including phenoxy) is 5. The largest absolute Gasteiger partial charge is 0.494 e. The SMILES string of the molecule is CCCCO[C@@H]1[C@@H](OCCCC)[C@@]2(c3ccc(Cl)c(Cc4ccc(OCC)cc4)c3)OC[C@](C(C)O)(O2)[C@@H]1O. The highest BCUT2D eigenvalue weighted by atomic mass is 35.5. The molecule has 2 heterocycles. The molecule has 8 heteroatoms. The van der Waals surface area contributed by atoms with E-state index in [1.54, 1.807) is 6.92 Å². The number of hydrogen-bond donors (Lipinski definition) is 2. The third-order valence-corrected chi connectivity index (χ3v) is 8.10. The highest BCUT2D eigenvalue weighted by Crippen LogP contribution is 2.53. The molecule has 0 radical (unpaired) electrons. The monoisotopic (exact) mass is 562 g/mol. The lowest BCUT2D eigenvalue weighted by Crippen LogP contribution is -2.68. The van der Waals surface area contributed by atoms with Crippen LogP contribution in [0.2, 0.25) is 5.02 Å². The van der Waals surface area contributed by atoms with Crippen molar-refractivity contribution in [1.82, 2.24) is 0 Å². The van der Waals surface area contributed by atoms with Crippen LogP contribution in [0.25, 0.3) is 0 Å². The number of rotatable bonds is 14. The Bertz CT molecular complexity index is 1060. The third kappa shape index (κ3) is 6.15. The van der Waals surface area contributed by atoms with Gasteiger partial charge in [0.05, 0.1) is 19.3 Å². The molecule has 2 bridgehead atoms. The smallest absolute Gasteiger partial charge is 0.225 e. The van der Waals surface area contributed by atoms with Crippen LogP contribution < -0.4 is 4.74 Å². The second-order valence-corrected chi connectivity index (χ2v) is 10.9. The maximum absolute atomic E-state index is 11.5. The number of fused-ring (bicyclic) bond motifs is 2. The van der Waals surface area contributed by atoms with E-state index in [-0.39, 0.29) is 6.61 Å². The zero-order valence-electron chi connectivity index (χ0n) is 23.5. The van der Waals surface area contributed by atoms with Crippen molar-refractivity contribution in [2.45, 2.75) is 95.6 Å². The molecule has 2 saturated heterocycles. The number of aliphatic hydroxyl groups excluding tert-OH is 2. The van der Waals surface area contributed by atoms with Gasteiger partial charge in [-0.2, -0.15) is 0 Å². The van der Waals surface area contributed by atoms with Crippen LogP contribution in [-0.4, -0.2) is 66.7 Å². The molecule has 0 aliphatic carbocycles. The van der Waals surface area contributed by atoms with E-state index in [2.05, 4.69) is 13.8 Å². The fourth-order valence-corrected chi connectivity index (χ4v) is 5.57. The van der Waals surface area contributed by atoms with Gasteiger partial charge in [0.2, 0.25) is 5.79 Å². The predicted octanol–water partition coefficient (Wildman–Crippen LogP) is 5.39. The van der Waals surface area contributed by atoms with Gasteiger partial charge in [-0.05, 0) is 68.5 Å². The van der Waals surface area contributed by atoms with E-state index in [9.17, 15) is 10.2 Å². The third-order valence-electron chi connectivity index (χ3n) is 7.73. The molecule has 2 aromatic carbocycles. The molecular weight excluding hydrogens is 520 g/mol. The number of unbranched alkanes of at least 4 members (excludes halogenated alkanes) is 2. The molecule has 1 unspecified atom stereocenters. The zero-order chi connectivity index (χ0) is 28.0. The Morgan fingerprint density at radius 2 is 1.72 bits per heavy atom. The topological polar surface area (TPSA) is 86.6 Å². The Labute approximate surface area is 237 Å². The molecule has 0 amide bonds. The Morgan fingerprint density at radius 1 is 1.03 bits per heavy atom. The number of aliphatic hydroxyl groups is 2. The maximum Gasteiger partial charge on any atom is 0.225 e. The van der Waals surface area contributed by atoms with Crippen LogP contribution in [0.4, 0.5) is 0 Å². The lowest BCUT2D eigenvalue weighted by Gasteiger charge is -2.50. The van der Waals surface area contributed by atoms with Crippen molar-refractivity contribution in [3.05, 3.63) is 64.2 Å². The highest BCUT2D eigenvalue weighted by molar-refractivity contribution is 6.31. The van der Waals surface area contributed by atoms with Crippen molar-refractivity contribution in [1.29, 1.82) is 0 Å². The van der Waals surface area contributed by atoms with E-state index in [0.717, 1.165) is 42.6 Å². The van der Waals surface area contributed by atoms with E-state index in [1.807, 2.05) is 49.4 Å². The van der Waals surface area contributed by atoms with E-state index in [1.165, 1.54) is 0 Å². The Balaban J connectivity index is 1.73. The van der Waals surface area contributed by atoms with Crippen LogP contribution >= 0.6 is 11.6 Å². The van der Waals surface area contributed by atoms with Crippen molar-refractivity contribution in [3.8, 4) is 5.75 Å². The fraction of sp³-hybridized carbons (Fsp3) is 0.613. The zero-order valence-corrected chi connectivity index (χ0v) is 24.3. The summed E-state index contributed by atoms with van der Waals surface area (Å²) in [4.78, 5) is 0. The van der Waals surface area contributed by atoms with E-state index in [4.69, 9.17) is 35.3 Å². The van der Waals surface area contributed by atoms with Crippen molar-refractivity contribution < 1.29 is 33.9 Å². The summed E-state index contributed by atoms with van der Waals surface area (Å²) in [6.07, 6.45) is 0.563. The Kier molecular flexibility index (Phi) is 10.3. The van der Waals surface area contributed by atoms with Gasteiger partial charge in [-0.3, -0.25) is 0 Å². The summed E-state index contributed by atoms with van der Waals surface area (Å²) in [7, 11) is 0. The first-order valence-electron chi connectivity index (χ1n) is 14.2. The molecule has 0 saturated carbocycles. The van der Waals surface area contributed by atoms with Gasteiger partial charge in [-0.25, -0.2) is 0 Å². The van der Waals surface area contributed by atoms with Gasteiger partial charge in [0.25, 0.3) is 0 Å². The van der Waals surface area contributed by atoms with Crippen LogP contribution in [0.3, 0.4) is 0 Å². The average Bonchev–Trinajstić information content (AvgIpc) is 3.31. The van der Waals surface area contributed by atoms with E-state index >= 15 is 0 Å².